The van der Waals surface area contributed by atoms with Crippen molar-refractivity contribution in [3.05, 3.63) is 16.3 Å². The summed E-state index contributed by atoms with van der Waals surface area (Å²) in [6.07, 6.45) is 0.652. The molecule has 0 saturated carbocycles. The fraction of sp³-hybridized carbons (Fsp3) is 0.545. The third kappa shape index (κ3) is 4.57. The third-order valence-electron chi connectivity index (χ3n) is 2.48. The molecular weight excluding hydrogens is 288 g/mol. The molecule has 0 amide bonds. The molecule has 0 aliphatic rings. The Bertz CT molecular complexity index is 537. The van der Waals surface area contributed by atoms with Gasteiger partial charge in [-0.15, -0.1) is 11.3 Å². The Labute approximate surface area is 117 Å². The first-order valence-electron chi connectivity index (χ1n) is 5.72. The minimum atomic E-state index is -3.78. The van der Waals surface area contributed by atoms with Crippen LogP contribution in [0.15, 0.2) is 16.3 Å². The topological polar surface area (TPSA) is 86.7 Å². The van der Waals surface area contributed by atoms with E-state index in [1.54, 1.807) is 6.92 Å². The molecular formula is C11H18N2O4S2. The van der Waals surface area contributed by atoms with Crippen molar-refractivity contribution < 1.29 is 18.3 Å². The predicted octanol–water partition coefficient (Wildman–Crippen LogP) is 1.06. The van der Waals surface area contributed by atoms with E-state index in [0.717, 1.165) is 17.9 Å². The Hall–Kier alpha value is -0.960. The molecule has 0 aliphatic heterocycles. The fourth-order valence-electron chi connectivity index (χ4n) is 1.50. The second-order valence-electron chi connectivity index (χ2n) is 4.53. The van der Waals surface area contributed by atoms with Crippen LogP contribution in [0.5, 0.6) is 0 Å². The molecule has 1 aromatic rings. The summed E-state index contributed by atoms with van der Waals surface area (Å²) in [5.74, 6) is -1.23. The minimum absolute atomic E-state index is 0.160. The van der Waals surface area contributed by atoms with Gasteiger partial charge in [0, 0.05) is 6.04 Å². The number of sulfonamides is 1. The van der Waals surface area contributed by atoms with Gasteiger partial charge in [0.05, 0.1) is 0 Å². The highest BCUT2D eigenvalue weighted by atomic mass is 32.2. The summed E-state index contributed by atoms with van der Waals surface area (Å²) in [5.41, 5.74) is 0. The summed E-state index contributed by atoms with van der Waals surface area (Å²) in [6, 6.07) is 1.06. The lowest BCUT2D eigenvalue weighted by Crippen LogP contribution is -2.35. The quantitative estimate of drug-likeness (QED) is 0.787. The number of nitrogens with one attached hydrogen (secondary N) is 1. The van der Waals surface area contributed by atoms with Crippen LogP contribution >= 0.6 is 11.3 Å². The largest absolute Gasteiger partial charge is 0.477 e. The lowest BCUT2D eigenvalue weighted by atomic mass is 10.2. The monoisotopic (exact) mass is 306 g/mol. The molecule has 1 atom stereocenters. The van der Waals surface area contributed by atoms with Crippen molar-refractivity contribution in [2.75, 3.05) is 20.6 Å². The van der Waals surface area contributed by atoms with E-state index in [4.69, 9.17) is 5.11 Å². The second kappa shape index (κ2) is 6.47. The van der Waals surface area contributed by atoms with Gasteiger partial charge < -0.3 is 10.0 Å². The average molecular weight is 306 g/mol. The smallest absolute Gasteiger partial charge is 0.347 e. The zero-order chi connectivity index (χ0) is 14.6. The summed E-state index contributed by atoms with van der Waals surface area (Å²) < 4.78 is 26.7. The number of thiophene rings is 1. The number of carbonyl (C=O) groups is 1. The first-order valence-corrected chi connectivity index (χ1v) is 8.08. The molecule has 0 aliphatic carbocycles. The molecule has 19 heavy (non-hydrogen) atoms. The van der Waals surface area contributed by atoms with E-state index in [1.165, 1.54) is 11.4 Å². The van der Waals surface area contributed by atoms with Crippen molar-refractivity contribution in [2.45, 2.75) is 24.3 Å². The number of rotatable bonds is 7. The zero-order valence-corrected chi connectivity index (χ0v) is 12.7. The highest BCUT2D eigenvalue weighted by molar-refractivity contribution is 7.89. The van der Waals surface area contributed by atoms with Crippen LogP contribution in [0.3, 0.4) is 0 Å². The molecule has 1 unspecified atom stereocenters. The molecule has 2 N–H and O–H groups in total. The molecule has 0 saturated heterocycles. The summed E-state index contributed by atoms with van der Waals surface area (Å²) in [6.45, 7) is 2.51. The van der Waals surface area contributed by atoms with E-state index in [-0.39, 0.29) is 15.8 Å². The molecule has 1 aromatic heterocycles. The molecule has 0 spiro atoms. The molecule has 0 aromatic carbocycles. The highest BCUT2D eigenvalue weighted by Crippen LogP contribution is 2.22. The van der Waals surface area contributed by atoms with E-state index >= 15 is 0 Å². The number of carboxylic acid groups (broad SMARTS) is 1. The van der Waals surface area contributed by atoms with Crippen molar-refractivity contribution in [3.63, 3.8) is 0 Å². The lowest BCUT2D eigenvalue weighted by molar-refractivity contribution is 0.0698. The molecule has 6 nitrogen and oxygen atoms in total. The molecule has 8 heteroatoms. The third-order valence-corrected chi connectivity index (χ3v) is 5.14. The fourth-order valence-corrected chi connectivity index (χ4v) is 4.04. The van der Waals surface area contributed by atoms with Crippen molar-refractivity contribution in [2.24, 2.45) is 0 Å². The summed E-state index contributed by atoms with van der Waals surface area (Å²) in [7, 11) is 0.0321. The second-order valence-corrected chi connectivity index (χ2v) is 7.13. The van der Waals surface area contributed by atoms with Gasteiger partial charge >= 0.3 is 5.97 Å². The van der Waals surface area contributed by atoms with E-state index in [9.17, 15) is 13.2 Å². The van der Waals surface area contributed by atoms with Gasteiger partial charge in [0.25, 0.3) is 0 Å². The van der Waals surface area contributed by atoms with Gasteiger partial charge in [-0.1, -0.05) is 0 Å². The summed E-state index contributed by atoms with van der Waals surface area (Å²) >= 11 is 0.903. The lowest BCUT2D eigenvalue weighted by Gasteiger charge is -2.16. The normalized spacial score (nSPS) is 13.7. The van der Waals surface area contributed by atoms with Crippen LogP contribution < -0.4 is 4.72 Å². The molecule has 1 heterocycles. The zero-order valence-electron chi connectivity index (χ0n) is 11.1. The Morgan fingerprint density at radius 3 is 2.68 bits per heavy atom. The van der Waals surface area contributed by atoms with E-state index in [1.807, 2.05) is 19.0 Å². The van der Waals surface area contributed by atoms with Gasteiger partial charge in [-0.3, -0.25) is 0 Å². The van der Waals surface area contributed by atoms with Gasteiger partial charge in [0.1, 0.15) is 9.77 Å². The molecule has 0 bridgehead atoms. The predicted molar refractivity (Wildman–Crippen MR) is 74.2 cm³/mol. The van der Waals surface area contributed by atoms with Crippen molar-refractivity contribution in [1.82, 2.24) is 9.62 Å². The molecule has 108 valence electrons. The average Bonchev–Trinajstić information content (AvgIpc) is 2.75. The minimum Gasteiger partial charge on any atom is -0.477 e. The van der Waals surface area contributed by atoms with Gasteiger partial charge in [-0.2, -0.15) is 0 Å². The number of carboxylic acids is 1. The molecule has 0 radical (unpaired) electrons. The summed E-state index contributed by atoms with van der Waals surface area (Å²) in [4.78, 5) is 12.6. The van der Waals surface area contributed by atoms with Crippen molar-refractivity contribution in [3.8, 4) is 0 Å². The summed E-state index contributed by atoms with van der Waals surface area (Å²) in [5, 5.41) is 10.4. The van der Waals surface area contributed by atoms with Crippen LogP contribution in [-0.2, 0) is 10.0 Å². The van der Waals surface area contributed by atoms with Crippen molar-refractivity contribution >= 4 is 27.3 Å². The van der Waals surface area contributed by atoms with Crippen molar-refractivity contribution in [1.29, 1.82) is 0 Å². The number of nitrogens with zero attached hydrogens (tertiary/aromatic N) is 1. The van der Waals surface area contributed by atoms with Crippen LogP contribution in [0.4, 0.5) is 0 Å². The standard InChI is InChI=1S/C11H18N2O4S2/c1-8(4-6-13(2)3)12-19(16,17)9-5-7-18-10(9)11(14)15/h5,7-8,12H,4,6H2,1-3H3,(H,14,15). The first-order chi connectivity index (χ1) is 8.74. The van der Waals surface area contributed by atoms with Gasteiger partial charge in [0.2, 0.25) is 10.0 Å². The number of hydrogen-bond donors (Lipinski definition) is 2. The number of aromatic carboxylic acids is 1. The van der Waals surface area contributed by atoms with Crippen LogP contribution in [0.25, 0.3) is 0 Å². The van der Waals surface area contributed by atoms with Crippen LogP contribution in [0.1, 0.15) is 23.0 Å². The molecule has 0 fully saturated rings. The maximum Gasteiger partial charge on any atom is 0.347 e. The Balaban J connectivity index is 2.81. The maximum atomic E-state index is 12.1. The Morgan fingerprint density at radius 2 is 2.16 bits per heavy atom. The van der Waals surface area contributed by atoms with Gasteiger partial charge in [-0.05, 0) is 45.4 Å². The first kappa shape index (κ1) is 16.1. The van der Waals surface area contributed by atoms with E-state index in [0.29, 0.717) is 6.42 Å². The van der Waals surface area contributed by atoms with Gasteiger partial charge in [0.15, 0.2) is 0 Å². The maximum absolute atomic E-state index is 12.1. The SMILES string of the molecule is CC(CCN(C)C)NS(=O)(=O)c1ccsc1C(=O)O. The van der Waals surface area contributed by atoms with Crippen LogP contribution in [0.2, 0.25) is 0 Å². The van der Waals surface area contributed by atoms with E-state index in [2.05, 4.69) is 4.72 Å². The Kier molecular flexibility index (Phi) is 5.48. The number of hydrogen-bond acceptors (Lipinski definition) is 5. The van der Waals surface area contributed by atoms with Gasteiger partial charge in [-0.25, -0.2) is 17.9 Å². The van der Waals surface area contributed by atoms with Crippen LogP contribution in [-0.4, -0.2) is 51.1 Å². The van der Waals surface area contributed by atoms with Crippen LogP contribution in [0, 0.1) is 0 Å². The Morgan fingerprint density at radius 1 is 1.53 bits per heavy atom. The van der Waals surface area contributed by atoms with E-state index < -0.39 is 16.0 Å². The highest BCUT2D eigenvalue weighted by Gasteiger charge is 2.25. The molecule has 1 rings (SSSR count).